The first-order valence-corrected chi connectivity index (χ1v) is 15.2. The van der Waals surface area contributed by atoms with E-state index in [0.29, 0.717) is 34.4 Å². The van der Waals surface area contributed by atoms with Gasteiger partial charge in [-0.3, -0.25) is 14.2 Å². The van der Waals surface area contributed by atoms with E-state index in [4.69, 9.17) is 9.05 Å². The quantitative estimate of drug-likeness (QED) is 0.219. The van der Waals surface area contributed by atoms with Gasteiger partial charge in [0.15, 0.2) is 0 Å². The van der Waals surface area contributed by atoms with Crippen molar-refractivity contribution in [3.05, 3.63) is 83.9 Å². The number of carbonyl (C=O) groups is 2. The lowest BCUT2D eigenvalue weighted by atomic mass is 10.00. The van der Waals surface area contributed by atoms with Crippen LogP contribution < -0.4 is 20.8 Å². The number of anilines is 3. The molecular formula is C31H37N4O5P. The Morgan fingerprint density at radius 2 is 1.59 bits per heavy atom. The molecule has 2 N–H and O–H groups in total. The van der Waals surface area contributed by atoms with Gasteiger partial charge in [-0.25, -0.2) is 0 Å². The van der Waals surface area contributed by atoms with Crippen LogP contribution in [0.2, 0.25) is 0 Å². The average molecular weight is 577 g/mol. The summed E-state index contributed by atoms with van der Waals surface area (Å²) in [5.74, 6) is -0.319. The third-order valence-electron chi connectivity index (χ3n) is 6.57. The number of amides is 2. The predicted octanol–water partition coefficient (Wildman–Crippen LogP) is 5.43. The van der Waals surface area contributed by atoms with Gasteiger partial charge in [0.1, 0.15) is 0 Å². The van der Waals surface area contributed by atoms with Crippen LogP contribution in [0.3, 0.4) is 0 Å². The third kappa shape index (κ3) is 6.94. The maximum Gasteiger partial charge on any atom is 0.361 e. The number of nitrogens with one attached hydrogen (secondary N) is 2. The highest BCUT2D eigenvalue weighted by Crippen LogP contribution is 2.48. The Bertz CT molecular complexity index is 1460. The van der Waals surface area contributed by atoms with E-state index in [1.807, 2.05) is 73.6 Å². The fourth-order valence-electron chi connectivity index (χ4n) is 4.62. The zero-order chi connectivity index (χ0) is 29.6. The fraction of sp³-hybridized carbons (Fsp3) is 0.290. The van der Waals surface area contributed by atoms with E-state index in [2.05, 4.69) is 10.6 Å². The fourth-order valence-corrected chi connectivity index (χ4v) is 6.22. The second-order valence-electron chi connectivity index (χ2n) is 9.78. The minimum absolute atomic E-state index is 0.0360. The molecule has 0 saturated heterocycles. The summed E-state index contributed by atoms with van der Waals surface area (Å²) >= 11 is 0. The van der Waals surface area contributed by atoms with E-state index in [1.165, 1.54) is 0 Å². The Morgan fingerprint density at radius 3 is 2.17 bits per heavy atom. The lowest BCUT2D eigenvalue weighted by Gasteiger charge is -2.23. The summed E-state index contributed by atoms with van der Waals surface area (Å²) < 4.78 is 24.7. The zero-order valence-electron chi connectivity index (χ0n) is 24.1. The molecule has 4 rings (SSSR count). The van der Waals surface area contributed by atoms with Crippen molar-refractivity contribution in [2.75, 3.05) is 55.9 Å². The standard InChI is InChI=1S/C31H37N4O5P/c1-6-39-41(38,40-7-2)26-17-18-28-27(21-26)29(31(37)33-28)30(23-11-9-8-10-12-23)32-24-13-15-25(16-14-24)35(22(3)36)20-19-34(4)5/h8-18,21,32H,6-7,19-20H2,1-5H3,(H,33,37)/b30-29-. The Labute approximate surface area is 241 Å². The molecule has 3 aromatic carbocycles. The topological polar surface area (TPSA) is 100 Å². The van der Waals surface area contributed by atoms with E-state index in [0.717, 1.165) is 23.5 Å². The van der Waals surface area contributed by atoms with Gasteiger partial charge in [0.2, 0.25) is 5.91 Å². The van der Waals surface area contributed by atoms with Crippen LogP contribution >= 0.6 is 7.60 Å². The molecule has 41 heavy (non-hydrogen) atoms. The third-order valence-corrected chi connectivity index (χ3v) is 8.68. The van der Waals surface area contributed by atoms with Gasteiger partial charge in [-0.1, -0.05) is 30.3 Å². The van der Waals surface area contributed by atoms with Gasteiger partial charge in [0, 0.05) is 42.6 Å². The maximum absolute atomic E-state index is 13.5. The average Bonchev–Trinajstić information content (AvgIpc) is 3.27. The molecule has 3 aromatic rings. The van der Waals surface area contributed by atoms with Gasteiger partial charge in [-0.15, -0.1) is 0 Å². The van der Waals surface area contributed by atoms with Gasteiger partial charge >= 0.3 is 7.60 Å². The van der Waals surface area contributed by atoms with Crippen LogP contribution in [0.5, 0.6) is 0 Å². The molecule has 0 spiro atoms. The van der Waals surface area contributed by atoms with E-state index >= 15 is 0 Å². The maximum atomic E-state index is 13.5. The van der Waals surface area contributed by atoms with E-state index in [-0.39, 0.29) is 25.0 Å². The summed E-state index contributed by atoms with van der Waals surface area (Å²) in [7, 11) is 0.366. The molecule has 0 atom stereocenters. The van der Waals surface area contributed by atoms with Crippen molar-refractivity contribution < 1.29 is 23.2 Å². The van der Waals surface area contributed by atoms with Crippen molar-refractivity contribution in [1.82, 2.24) is 4.90 Å². The van der Waals surface area contributed by atoms with Crippen LogP contribution in [0.15, 0.2) is 72.8 Å². The highest BCUT2D eigenvalue weighted by molar-refractivity contribution is 7.62. The SMILES string of the molecule is CCOP(=O)(OCC)c1ccc2c(c1)/C(=C(/Nc1ccc(N(CCN(C)C)C(C)=O)cc1)c1ccccc1)C(=O)N2. The van der Waals surface area contributed by atoms with Crippen LogP contribution in [0, 0.1) is 0 Å². The first-order chi connectivity index (χ1) is 19.7. The van der Waals surface area contributed by atoms with Crippen molar-refractivity contribution in [3.63, 3.8) is 0 Å². The number of benzene rings is 3. The molecule has 0 fully saturated rings. The predicted molar refractivity (Wildman–Crippen MR) is 165 cm³/mol. The number of carbonyl (C=O) groups excluding carboxylic acids is 2. The molecule has 0 unspecified atom stereocenters. The molecule has 10 heteroatoms. The zero-order valence-corrected chi connectivity index (χ0v) is 25.0. The first-order valence-electron chi connectivity index (χ1n) is 13.6. The van der Waals surface area contributed by atoms with Gasteiger partial charge in [0.25, 0.3) is 5.91 Å². The summed E-state index contributed by atoms with van der Waals surface area (Å²) in [5.41, 5.74) is 4.53. The highest BCUT2D eigenvalue weighted by Gasteiger charge is 2.33. The Kier molecular flexibility index (Phi) is 9.78. The van der Waals surface area contributed by atoms with Crippen LogP contribution in [0.4, 0.5) is 17.1 Å². The minimum Gasteiger partial charge on any atom is -0.354 e. The molecule has 1 aliphatic rings. The molecule has 0 aliphatic carbocycles. The van der Waals surface area contributed by atoms with E-state index < -0.39 is 7.60 Å². The van der Waals surface area contributed by atoms with E-state index in [9.17, 15) is 14.2 Å². The van der Waals surface area contributed by atoms with Crippen LogP contribution in [0.25, 0.3) is 11.3 Å². The van der Waals surface area contributed by atoms with Gasteiger partial charge in [-0.05, 0) is 76.0 Å². The number of hydrogen-bond acceptors (Lipinski definition) is 7. The second kappa shape index (κ2) is 13.3. The second-order valence-corrected chi connectivity index (χ2v) is 11.8. The van der Waals surface area contributed by atoms with Crippen LogP contribution in [0.1, 0.15) is 31.9 Å². The molecule has 1 heterocycles. The summed E-state index contributed by atoms with van der Waals surface area (Å²) in [4.78, 5) is 29.5. The number of nitrogens with zero attached hydrogens (tertiary/aromatic N) is 2. The van der Waals surface area contributed by atoms with Crippen molar-refractivity contribution in [2.45, 2.75) is 20.8 Å². The molecule has 9 nitrogen and oxygen atoms in total. The molecule has 0 bridgehead atoms. The van der Waals surface area contributed by atoms with Crippen molar-refractivity contribution in [2.24, 2.45) is 0 Å². The first kappa shape index (κ1) is 30.2. The molecule has 0 aromatic heterocycles. The summed E-state index contributed by atoms with van der Waals surface area (Å²) in [5, 5.41) is 6.75. The van der Waals surface area contributed by atoms with Gasteiger partial charge < -0.3 is 29.5 Å². The molecule has 1 aliphatic heterocycles. The number of fused-ring (bicyclic) bond motifs is 1. The van der Waals surface area contributed by atoms with Crippen molar-refractivity contribution in [1.29, 1.82) is 0 Å². The molecule has 216 valence electrons. The van der Waals surface area contributed by atoms with E-state index in [1.54, 1.807) is 43.9 Å². The van der Waals surface area contributed by atoms with Gasteiger partial charge in [-0.2, -0.15) is 0 Å². The number of likely N-dealkylation sites (N-methyl/N-ethyl adjacent to an activating group) is 1. The summed E-state index contributed by atoms with van der Waals surface area (Å²) in [6, 6.07) is 22.2. The summed E-state index contributed by atoms with van der Waals surface area (Å²) in [6.45, 7) is 6.82. The van der Waals surface area contributed by atoms with Crippen molar-refractivity contribution >= 4 is 53.0 Å². The largest absolute Gasteiger partial charge is 0.361 e. The van der Waals surface area contributed by atoms with Crippen LogP contribution in [-0.4, -0.2) is 57.1 Å². The molecule has 0 saturated carbocycles. The normalized spacial score (nSPS) is 14.0. The molecular weight excluding hydrogens is 539 g/mol. The summed E-state index contributed by atoms with van der Waals surface area (Å²) in [6.07, 6.45) is 0. The smallest absolute Gasteiger partial charge is 0.354 e. The molecule has 0 radical (unpaired) electrons. The Morgan fingerprint density at radius 1 is 0.927 bits per heavy atom. The Balaban J connectivity index is 1.77. The lowest BCUT2D eigenvalue weighted by molar-refractivity contribution is -0.116. The van der Waals surface area contributed by atoms with Crippen molar-refractivity contribution in [3.8, 4) is 0 Å². The molecule has 2 amide bonds. The lowest BCUT2D eigenvalue weighted by Crippen LogP contribution is -2.35. The Hall–Kier alpha value is -3.75. The van der Waals surface area contributed by atoms with Gasteiger partial charge in [0.05, 0.1) is 29.8 Å². The van der Waals surface area contributed by atoms with Crippen LogP contribution in [-0.2, 0) is 23.2 Å². The minimum atomic E-state index is -3.57. The monoisotopic (exact) mass is 576 g/mol. The number of rotatable bonds is 12. The highest BCUT2D eigenvalue weighted by atomic mass is 31.2. The number of hydrogen-bond donors (Lipinski definition) is 2.